The van der Waals surface area contributed by atoms with Crippen molar-refractivity contribution in [2.75, 3.05) is 32.7 Å². The zero-order valence-electron chi connectivity index (χ0n) is 15.5. The van der Waals surface area contributed by atoms with Gasteiger partial charge in [-0.1, -0.05) is 37.5 Å². The Morgan fingerprint density at radius 1 is 1.15 bits per heavy atom. The number of carbonyl (C=O) groups is 1. The number of hydrogen-bond donors (Lipinski definition) is 1. The molecule has 1 heterocycles. The van der Waals surface area contributed by atoms with Crippen molar-refractivity contribution >= 4 is 15.9 Å². The molecule has 144 valence electrons. The molecule has 1 amide bonds. The molecule has 0 aromatic heterocycles. The van der Waals surface area contributed by atoms with E-state index in [4.69, 9.17) is 0 Å². The number of nitrogens with zero attached hydrogens (tertiary/aromatic N) is 2. The Morgan fingerprint density at radius 3 is 2.46 bits per heavy atom. The van der Waals surface area contributed by atoms with Gasteiger partial charge in [-0.3, -0.25) is 4.79 Å². The van der Waals surface area contributed by atoms with Crippen LogP contribution in [0, 0.1) is 6.92 Å². The molecule has 0 spiro atoms. The van der Waals surface area contributed by atoms with Crippen LogP contribution < -0.4 is 5.32 Å². The fraction of sp³-hybridized carbons (Fsp3) is 0.632. The molecule has 1 N–H and O–H groups in total. The first-order valence-corrected chi connectivity index (χ1v) is 11.0. The molecule has 1 aromatic carbocycles. The molecule has 1 aromatic rings. The third kappa shape index (κ3) is 4.27. The standard InChI is InChI=1S/C19H29N3O3S/c1-16-7-5-6-10-18(16)26(24,25)22(17-8-3-2-4-9-17)15-19(23)21-13-11-20-12-14-21/h5-7,10,17,20H,2-4,8-9,11-15H2,1H3. The van der Waals surface area contributed by atoms with Crippen LogP contribution >= 0.6 is 0 Å². The van der Waals surface area contributed by atoms with E-state index < -0.39 is 10.0 Å². The van der Waals surface area contributed by atoms with E-state index in [-0.39, 0.29) is 18.5 Å². The van der Waals surface area contributed by atoms with E-state index in [2.05, 4.69) is 5.32 Å². The maximum atomic E-state index is 13.4. The van der Waals surface area contributed by atoms with Crippen LogP contribution in [0.15, 0.2) is 29.2 Å². The molecule has 2 aliphatic rings. The number of piperazine rings is 1. The quantitative estimate of drug-likeness (QED) is 0.846. The highest BCUT2D eigenvalue weighted by Crippen LogP contribution is 2.29. The lowest BCUT2D eigenvalue weighted by Gasteiger charge is -2.35. The SMILES string of the molecule is Cc1ccccc1S(=O)(=O)N(CC(=O)N1CCNCC1)C1CCCCC1. The van der Waals surface area contributed by atoms with Gasteiger partial charge in [0.15, 0.2) is 0 Å². The van der Waals surface area contributed by atoms with E-state index in [1.807, 2.05) is 19.1 Å². The Kier molecular flexibility index (Phi) is 6.32. The highest BCUT2D eigenvalue weighted by Gasteiger charge is 2.35. The Labute approximate surface area is 156 Å². The summed E-state index contributed by atoms with van der Waals surface area (Å²) in [4.78, 5) is 14.9. The minimum absolute atomic E-state index is 0.0542. The third-order valence-corrected chi connectivity index (χ3v) is 7.48. The zero-order valence-corrected chi connectivity index (χ0v) is 16.3. The van der Waals surface area contributed by atoms with Crippen molar-refractivity contribution in [3.05, 3.63) is 29.8 Å². The molecule has 3 rings (SSSR count). The van der Waals surface area contributed by atoms with Gasteiger partial charge >= 0.3 is 0 Å². The van der Waals surface area contributed by atoms with Crippen LogP contribution in [-0.2, 0) is 14.8 Å². The summed E-state index contributed by atoms with van der Waals surface area (Å²) in [5.41, 5.74) is 0.725. The number of benzene rings is 1. The van der Waals surface area contributed by atoms with Gasteiger partial charge in [-0.25, -0.2) is 8.42 Å². The number of nitrogens with one attached hydrogen (secondary N) is 1. The molecule has 26 heavy (non-hydrogen) atoms. The molecule has 0 bridgehead atoms. The summed E-state index contributed by atoms with van der Waals surface area (Å²) in [6, 6.07) is 6.96. The molecule has 0 atom stereocenters. The van der Waals surface area contributed by atoms with Gasteiger partial charge in [-0.15, -0.1) is 0 Å². The number of amides is 1. The van der Waals surface area contributed by atoms with E-state index in [1.165, 1.54) is 4.31 Å². The largest absolute Gasteiger partial charge is 0.339 e. The summed E-state index contributed by atoms with van der Waals surface area (Å²) in [6.45, 7) is 4.56. The first-order chi connectivity index (χ1) is 12.5. The molecule has 1 aliphatic heterocycles. The van der Waals surface area contributed by atoms with Gasteiger partial charge in [0.05, 0.1) is 11.4 Å². The fourth-order valence-electron chi connectivity index (χ4n) is 3.90. The molecule has 1 saturated carbocycles. The fourth-order valence-corrected chi connectivity index (χ4v) is 5.76. The lowest BCUT2D eigenvalue weighted by molar-refractivity contribution is -0.132. The normalized spacial score (nSPS) is 19.7. The molecule has 1 aliphatic carbocycles. The van der Waals surface area contributed by atoms with Crippen molar-refractivity contribution in [2.45, 2.75) is 50.0 Å². The van der Waals surface area contributed by atoms with Gasteiger partial charge in [-0.05, 0) is 31.4 Å². The Morgan fingerprint density at radius 2 is 1.81 bits per heavy atom. The highest BCUT2D eigenvalue weighted by atomic mass is 32.2. The van der Waals surface area contributed by atoms with Gasteiger partial charge in [0.25, 0.3) is 0 Å². The predicted molar refractivity (Wildman–Crippen MR) is 101 cm³/mol. The van der Waals surface area contributed by atoms with E-state index in [9.17, 15) is 13.2 Å². The van der Waals surface area contributed by atoms with Crippen LogP contribution in [0.5, 0.6) is 0 Å². The molecule has 1 saturated heterocycles. The Balaban J connectivity index is 1.87. The summed E-state index contributed by atoms with van der Waals surface area (Å²) >= 11 is 0. The molecule has 2 fully saturated rings. The summed E-state index contributed by atoms with van der Waals surface area (Å²) < 4.78 is 28.3. The minimum atomic E-state index is -3.69. The number of rotatable bonds is 5. The van der Waals surface area contributed by atoms with Crippen LogP contribution in [0.2, 0.25) is 0 Å². The summed E-state index contributed by atoms with van der Waals surface area (Å²) in [5.74, 6) is -0.0887. The summed E-state index contributed by atoms with van der Waals surface area (Å²) in [6.07, 6.45) is 4.85. The number of hydrogen-bond acceptors (Lipinski definition) is 4. The summed E-state index contributed by atoms with van der Waals surface area (Å²) in [7, 11) is -3.69. The number of carbonyl (C=O) groups excluding carboxylic acids is 1. The topological polar surface area (TPSA) is 69.7 Å². The lowest BCUT2D eigenvalue weighted by Crippen LogP contribution is -2.52. The van der Waals surface area contributed by atoms with E-state index >= 15 is 0 Å². The first-order valence-electron chi connectivity index (χ1n) is 9.56. The molecular weight excluding hydrogens is 350 g/mol. The molecular formula is C19H29N3O3S. The van der Waals surface area contributed by atoms with Crippen molar-refractivity contribution in [3.63, 3.8) is 0 Å². The van der Waals surface area contributed by atoms with Crippen LogP contribution in [0.4, 0.5) is 0 Å². The second-order valence-electron chi connectivity index (χ2n) is 7.24. The second-order valence-corrected chi connectivity index (χ2v) is 9.10. The van der Waals surface area contributed by atoms with E-state index in [1.54, 1.807) is 17.0 Å². The van der Waals surface area contributed by atoms with Crippen molar-refractivity contribution in [3.8, 4) is 0 Å². The van der Waals surface area contributed by atoms with Crippen LogP contribution in [0.25, 0.3) is 0 Å². The first kappa shape index (κ1) is 19.3. The highest BCUT2D eigenvalue weighted by molar-refractivity contribution is 7.89. The molecule has 0 unspecified atom stereocenters. The summed E-state index contributed by atoms with van der Waals surface area (Å²) in [5, 5.41) is 3.22. The molecule has 7 heteroatoms. The third-order valence-electron chi connectivity index (χ3n) is 5.42. The van der Waals surface area contributed by atoms with Gasteiger partial charge < -0.3 is 10.2 Å². The smallest absolute Gasteiger partial charge is 0.244 e. The van der Waals surface area contributed by atoms with E-state index in [0.717, 1.165) is 50.8 Å². The van der Waals surface area contributed by atoms with Gasteiger partial charge in [0.2, 0.25) is 15.9 Å². The number of aryl methyl sites for hydroxylation is 1. The maximum Gasteiger partial charge on any atom is 0.244 e. The lowest BCUT2D eigenvalue weighted by atomic mass is 9.95. The average molecular weight is 380 g/mol. The zero-order chi connectivity index (χ0) is 18.6. The second kappa shape index (κ2) is 8.50. The van der Waals surface area contributed by atoms with Crippen molar-refractivity contribution in [1.82, 2.24) is 14.5 Å². The van der Waals surface area contributed by atoms with Crippen molar-refractivity contribution in [1.29, 1.82) is 0 Å². The Bertz CT molecular complexity index is 723. The molecule has 0 radical (unpaired) electrons. The van der Waals surface area contributed by atoms with Crippen LogP contribution in [0.1, 0.15) is 37.7 Å². The van der Waals surface area contributed by atoms with Gasteiger partial charge in [-0.2, -0.15) is 4.31 Å². The van der Waals surface area contributed by atoms with Crippen molar-refractivity contribution < 1.29 is 13.2 Å². The average Bonchev–Trinajstić information content (AvgIpc) is 2.67. The number of sulfonamides is 1. The Hall–Kier alpha value is -1.44. The van der Waals surface area contributed by atoms with E-state index in [0.29, 0.717) is 18.0 Å². The van der Waals surface area contributed by atoms with Crippen LogP contribution in [-0.4, -0.2) is 62.3 Å². The van der Waals surface area contributed by atoms with Crippen LogP contribution in [0.3, 0.4) is 0 Å². The maximum absolute atomic E-state index is 13.4. The minimum Gasteiger partial charge on any atom is -0.339 e. The molecule has 6 nitrogen and oxygen atoms in total. The van der Waals surface area contributed by atoms with Crippen molar-refractivity contribution in [2.24, 2.45) is 0 Å². The predicted octanol–water partition coefficient (Wildman–Crippen LogP) is 1.75. The van der Waals surface area contributed by atoms with Gasteiger partial charge in [0.1, 0.15) is 0 Å². The monoisotopic (exact) mass is 379 g/mol. The van der Waals surface area contributed by atoms with Gasteiger partial charge in [0, 0.05) is 32.2 Å².